The average molecular weight is 387 g/mol. The number of benzene rings is 2. The van der Waals surface area contributed by atoms with Crippen LogP contribution in [0.3, 0.4) is 0 Å². The minimum atomic E-state index is -0.610. The van der Waals surface area contributed by atoms with Crippen molar-refractivity contribution in [3.63, 3.8) is 0 Å². The first kappa shape index (κ1) is 17.9. The summed E-state index contributed by atoms with van der Waals surface area (Å²) in [7, 11) is 0. The number of fused-ring (bicyclic) bond motifs is 3. The van der Waals surface area contributed by atoms with Crippen LogP contribution in [-0.2, 0) is 4.79 Å². The minimum absolute atomic E-state index is 0.0350. The topological polar surface area (TPSA) is 87.0 Å². The lowest BCUT2D eigenvalue weighted by atomic mass is 9.63. The molecule has 2 aliphatic carbocycles. The maximum atomic E-state index is 13.3. The molecule has 2 atom stereocenters. The van der Waals surface area contributed by atoms with E-state index >= 15 is 0 Å². The van der Waals surface area contributed by atoms with Gasteiger partial charge in [0.05, 0.1) is 11.6 Å². The molecule has 29 heavy (non-hydrogen) atoms. The number of phenols is 2. The monoisotopic (exact) mass is 387 g/mol. The number of carbonyl (C=O) groups excluding carboxylic acids is 2. The van der Waals surface area contributed by atoms with Crippen LogP contribution in [0, 0.1) is 11.3 Å². The summed E-state index contributed by atoms with van der Waals surface area (Å²) in [5.41, 5.74) is 3.48. The normalized spacial score (nSPS) is 24.7. The van der Waals surface area contributed by atoms with Crippen molar-refractivity contribution in [2.75, 3.05) is 0 Å². The molecule has 5 heteroatoms. The molecule has 1 unspecified atom stereocenters. The summed E-state index contributed by atoms with van der Waals surface area (Å²) in [5, 5.41) is 20.3. The Bertz CT molecular complexity index is 1160. The Morgan fingerprint density at radius 2 is 1.69 bits per heavy atom. The fraction of sp³-hybridized carbons (Fsp3) is 0.292. The number of aliphatic imine (C=N–C) groups is 1. The summed E-state index contributed by atoms with van der Waals surface area (Å²) in [6.45, 7) is 4.10. The largest absolute Gasteiger partial charge is 0.508 e. The lowest BCUT2D eigenvalue weighted by molar-refractivity contribution is -0.124. The molecule has 1 fully saturated rings. The van der Waals surface area contributed by atoms with E-state index in [1.165, 1.54) is 12.1 Å². The number of aromatic hydroxyl groups is 2. The molecule has 5 rings (SSSR count). The number of hydrogen-bond donors (Lipinski definition) is 2. The lowest BCUT2D eigenvalue weighted by Gasteiger charge is -2.40. The van der Waals surface area contributed by atoms with Gasteiger partial charge in [0.2, 0.25) is 0 Å². The highest BCUT2D eigenvalue weighted by molar-refractivity contribution is 6.25. The Hall–Kier alpha value is -3.21. The molecule has 1 aliphatic heterocycles. The van der Waals surface area contributed by atoms with Crippen molar-refractivity contribution < 1.29 is 19.8 Å². The van der Waals surface area contributed by atoms with E-state index in [1.807, 2.05) is 32.0 Å². The number of hydrogen-bond acceptors (Lipinski definition) is 5. The number of ketones is 2. The van der Waals surface area contributed by atoms with Crippen LogP contribution in [0.4, 0.5) is 0 Å². The van der Waals surface area contributed by atoms with Gasteiger partial charge < -0.3 is 10.2 Å². The molecule has 146 valence electrons. The van der Waals surface area contributed by atoms with Crippen LogP contribution >= 0.6 is 0 Å². The highest BCUT2D eigenvalue weighted by atomic mass is 16.3. The van der Waals surface area contributed by atoms with Crippen molar-refractivity contribution in [2.45, 2.75) is 32.6 Å². The van der Waals surface area contributed by atoms with Gasteiger partial charge in [-0.1, -0.05) is 44.2 Å². The van der Waals surface area contributed by atoms with Gasteiger partial charge in [-0.05, 0) is 17.9 Å². The van der Waals surface area contributed by atoms with Crippen LogP contribution in [0.5, 0.6) is 11.5 Å². The predicted molar refractivity (Wildman–Crippen MR) is 109 cm³/mol. The number of nitrogens with zero attached hydrogens (tertiary/aromatic N) is 1. The molecule has 2 aromatic carbocycles. The van der Waals surface area contributed by atoms with Gasteiger partial charge in [0, 0.05) is 46.4 Å². The van der Waals surface area contributed by atoms with Crippen molar-refractivity contribution in [2.24, 2.45) is 16.3 Å². The van der Waals surface area contributed by atoms with Gasteiger partial charge in [0.25, 0.3) is 0 Å². The van der Waals surface area contributed by atoms with Crippen LogP contribution in [0.25, 0.3) is 5.70 Å². The molecule has 2 N–H and O–H groups in total. The van der Waals surface area contributed by atoms with Crippen molar-refractivity contribution in [1.29, 1.82) is 0 Å². The van der Waals surface area contributed by atoms with Crippen molar-refractivity contribution >= 4 is 23.0 Å². The summed E-state index contributed by atoms with van der Waals surface area (Å²) in [4.78, 5) is 31.4. The van der Waals surface area contributed by atoms with E-state index in [4.69, 9.17) is 4.99 Å². The second-order valence-electron chi connectivity index (χ2n) is 8.92. The maximum absolute atomic E-state index is 13.3. The van der Waals surface area contributed by atoms with Gasteiger partial charge in [-0.2, -0.15) is 0 Å². The second kappa shape index (κ2) is 5.89. The van der Waals surface area contributed by atoms with Gasteiger partial charge in [-0.15, -0.1) is 0 Å². The molecule has 5 nitrogen and oxygen atoms in total. The third-order valence-electron chi connectivity index (χ3n) is 6.19. The average Bonchev–Trinajstić information content (AvgIpc) is 2.92. The molecule has 0 radical (unpaired) electrons. The van der Waals surface area contributed by atoms with Crippen molar-refractivity contribution in [3.05, 3.63) is 64.7 Å². The van der Waals surface area contributed by atoms with Gasteiger partial charge in [0.1, 0.15) is 17.3 Å². The van der Waals surface area contributed by atoms with Gasteiger partial charge in [-0.25, -0.2) is 0 Å². The second-order valence-corrected chi connectivity index (χ2v) is 8.92. The van der Waals surface area contributed by atoms with E-state index in [0.29, 0.717) is 35.2 Å². The molecule has 0 amide bonds. The minimum Gasteiger partial charge on any atom is -0.508 e. The maximum Gasteiger partial charge on any atom is 0.192 e. The van der Waals surface area contributed by atoms with Crippen LogP contribution in [-0.4, -0.2) is 27.5 Å². The summed E-state index contributed by atoms with van der Waals surface area (Å²) in [6, 6.07) is 11.7. The first-order chi connectivity index (χ1) is 13.8. The lowest BCUT2D eigenvalue weighted by Crippen LogP contribution is -2.43. The fourth-order valence-corrected chi connectivity index (χ4v) is 5.05. The van der Waals surface area contributed by atoms with Gasteiger partial charge in [-0.3, -0.25) is 14.6 Å². The quantitative estimate of drug-likeness (QED) is 0.766. The molecular weight excluding hydrogens is 366 g/mol. The number of rotatable bonds is 1. The third-order valence-corrected chi connectivity index (χ3v) is 6.19. The third kappa shape index (κ3) is 2.57. The van der Waals surface area contributed by atoms with Crippen LogP contribution < -0.4 is 0 Å². The molecule has 3 aliphatic rings. The molecule has 0 saturated heterocycles. The molecule has 0 bridgehead atoms. The van der Waals surface area contributed by atoms with Crippen LogP contribution in [0.1, 0.15) is 54.1 Å². The van der Waals surface area contributed by atoms with E-state index < -0.39 is 11.8 Å². The Balaban J connectivity index is 1.78. The fourth-order valence-electron chi connectivity index (χ4n) is 5.05. The van der Waals surface area contributed by atoms with E-state index in [9.17, 15) is 19.8 Å². The molecule has 1 heterocycles. The summed E-state index contributed by atoms with van der Waals surface area (Å²) < 4.78 is 0. The smallest absolute Gasteiger partial charge is 0.192 e. The van der Waals surface area contributed by atoms with Crippen LogP contribution in [0.2, 0.25) is 0 Å². The summed E-state index contributed by atoms with van der Waals surface area (Å²) >= 11 is 0. The molecular formula is C24H21NO4. The number of Topliss-reactive ketones (excluding diaryl/α,β-unsaturated/α-hetero) is 2. The summed E-state index contributed by atoms with van der Waals surface area (Å²) in [5.74, 6) is -1.48. The first-order valence-electron chi connectivity index (χ1n) is 9.77. The summed E-state index contributed by atoms with van der Waals surface area (Å²) in [6.07, 6.45) is 1.06. The Morgan fingerprint density at radius 3 is 2.41 bits per heavy atom. The van der Waals surface area contributed by atoms with Crippen molar-refractivity contribution in [1.82, 2.24) is 0 Å². The van der Waals surface area contributed by atoms with E-state index in [1.54, 1.807) is 12.1 Å². The SMILES string of the molecule is CC1(C)CC(=O)C2C(=NC3=C(C(=O)c4ccccc43)[C@@H]2c2ccc(O)cc2O)C1. The van der Waals surface area contributed by atoms with E-state index in [-0.39, 0.29) is 28.5 Å². The molecule has 0 spiro atoms. The van der Waals surface area contributed by atoms with E-state index in [2.05, 4.69) is 0 Å². The first-order valence-corrected chi connectivity index (χ1v) is 9.77. The number of phenolic OH excluding ortho intramolecular Hbond substituents is 2. The van der Waals surface area contributed by atoms with Crippen molar-refractivity contribution in [3.8, 4) is 11.5 Å². The number of carbonyl (C=O) groups is 2. The molecule has 0 aromatic heterocycles. The standard InChI is InChI=1S/C24H21NO4/c1-24(2)10-16-20(18(28)11-24)19(15-8-7-12(26)9-17(15)27)21-22(25-16)13-5-3-4-6-14(13)23(21)29/h3-9,19-20,26-27H,10-11H2,1-2H3/t19-,20?/m1/s1. The van der Waals surface area contributed by atoms with E-state index in [0.717, 1.165) is 11.3 Å². The highest BCUT2D eigenvalue weighted by Gasteiger charge is 2.50. The Morgan fingerprint density at radius 1 is 0.966 bits per heavy atom. The van der Waals surface area contributed by atoms with Crippen LogP contribution in [0.15, 0.2) is 53.0 Å². The zero-order valence-corrected chi connectivity index (χ0v) is 16.3. The zero-order valence-electron chi connectivity index (χ0n) is 16.3. The van der Waals surface area contributed by atoms with Gasteiger partial charge >= 0.3 is 0 Å². The molecule has 1 saturated carbocycles. The number of allylic oxidation sites excluding steroid dienone is 1. The predicted octanol–water partition coefficient (Wildman–Crippen LogP) is 4.25. The van der Waals surface area contributed by atoms with Gasteiger partial charge in [0.15, 0.2) is 5.78 Å². The Labute approximate surface area is 168 Å². The molecule has 2 aromatic rings. The Kier molecular flexibility index (Phi) is 3.63. The zero-order chi connectivity index (χ0) is 20.5. The highest BCUT2D eigenvalue weighted by Crippen LogP contribution is 2.53.